The fourth-order valence-electron chi connectivity index (χ4n) is 1.18. The molecule has 0 spiro atoms. The van der Waals surface area contributed by atoms with Gasteiger partial charge in [-0.25, -0.2) is 0 Å². The van der Waals surface area contributed by atoms with Crippen molar-refractivity contribution >= 4 is 5.91 Å². The summed E-state index contributed by atoms with van der Waals surface area (Å²) in [5.74, 6) is 0.0750. The van der Waals surface area contributed by atoms with E-state index in [0.717, 1.165) is 0 Å². The Morgan fingerprint density at radius 3 is 2.54 bits per heavy atom. The van der Waals surface area contributed by atoms with Crippen molar-refractivity contribution in [3.63, 3.8) is 0 Å². The van der Waals surface area contributed by atoms with E-state index in [1.54, 1.807) is 4.90 Å². The predicted molar refractivity (Wildman–Crippen MR) is 52.2 cm³/mol. The molecule has 0 bridgehead atoms. The molecule has 0 aliphatic rings. The molecule has 0 saturated carbocycles. The lowest BCUT2D eigenvalue weighted by atomic mass is 10.2. The molecular formula is C9H20N2O2. The number of aliphatic hydroxyl groups excluding tert-OH is 1. The molecule has 13 heavy (non-hydrogen) atoms. The maximum absolute atomic E-state index is 11.5. The van der Waals surface area contributed by atoms with Crippen molar-refractivity contribution in [3.8, 4) is 0 Å². The lowest BCUT2D eigenvalue weighted by Crippen LogP contribution is -2.38. The zero-order valence-electron chi connectivity index (χ0n) is 8.49. The van der Waals surface area contributed by atoms with E-state index < -0.39 is 0 Å². The van der Waals surface area contributed by atoms with Gasteiger partial charge in [-0.3, -0.25) is 4.79 Å². The summed E-state index contributed by atoms with van der Waals surface area (Å²) in [7, 11) is 0. The molecule has 0 radical (unpaired) electrons. The van der Waals surface area contributed by atoms with E-state index in [9.17, 15) is 4.79 Å². The molecule has 0 atom stereocenters. The van der Waals surface area contributed by atoms with Crippen LogP contribution in [0.15, 0.2) is 0 Å². The van der Waals surface area contributed by atoms with Crippen LogP contribution in [0.3, 0.4) is 0 Å². The second-order valence-corrected chi connectivity index (χ2v) is 3.30. The van der Waals surface area contributed by atoms with Crippen molar-refractivity contribution in [3.05, 3.63) is 0 Å². The number of amides is 1. The van der Waals surface area contributed by atoms with Crippen LogP contribution >= 0.6 is 0 Å². The molecular weight excluding hydrogens is 168 g/mol. The number of hydrogen-bond acceptors (Lipinski definition) is 3. The third-order valence-electron chi connectivity index (χ3n) is 1.86. The Balaban J connectivity index is 3.99. The fraction of sp³-hybridized carbons (Fsp3) is 0.889. The first-order chi connectivity index (χ1) is 6.13. The molecule has 4 heteroatoms. The van der Waals surface area contributed by atoms with Crippen LogP contribution in [-0.4, -0.2) is 41.7 Å². The number of carbonyl (C=O) groups excluding carboxylic acids is 1. The quantitative estimate of drug-likeness (QED) is 0.614. The third-order valence-corrected chi connectivity index (χ3v) is 1.86. The van der Waals surface area contributed by atoms with E-state index in [-0.39, 0.29) is 18.6 Å². The number of hydrogen-bond donors (Lipinski definition) is 2. The molecule has 0 aliphatic heterocycles. The number of carbonyl (C=O) groups is 1. The molecule has 0 aliphatic carbocycles. The summed E-state index contributed by atoms with van der Waals surface area (Å²) in [5, 5.41) is 8.65. The van der Waals surface area contributed by atoms with Crippen LogP contribution in [0.5, 0.6) is 0 Å². The standard InChI is InChI=1S/C9H20N2O2/c1-8(2)11(6-3-7-12)9(13)4-5-10/h8,12H,3-7,10H2,1-2H3. The first-order valence-electron chi connectivity index (χ1n) is 4.73. The Bertz CT molecular complexity index is 149. The Morgan fingerprint density at radius 2 is 2.15 bits per heavy atom. The van der Waals surface area contributed by atoms with E-state index in [1.165, 1.54) is 0 Å². The van der Waals surface area contributed by atoms with E-state index >= 15 is 0 Å². The second kappa shape index (κ2) is 6.86. The van der Waals surface area contributed by atoms with Crippen LogP contribution in [-0.2, 0) is 4.79 Å². The number of rotatable bonds is 6. The predicted octanol–water partition coefficient (Wildman–Crippen LogP) is -0.0454. The molecule has 0 fully saturated rings. The zero-order chi connectivity index (χ0) is 10.3. The van der Waals surface area contributed by atoms with Gasteiger partial charge in [-0.05, 0) is 20.3 Å². The lowest BCUT2D eigenvalue weighted by Gasteiger charge is -2.26. The minimum absolute atomic E-state index is 0.0750. The van der Waals surface area contributed by atoms with E-state index in [4.69, 9.17) is 10.8 Å². The van der Waals surface area contributed by atoms with Gasteiger partial charge in [-0.1, -0.05) is 0 Å². The van der Waals surface area contributed by atoms with Crippen molar-refractivity contribution < 1.29 is 9.90 Å². The van der Waals surface area contributed by atoms with Gasteiger partial charge in [-0.2, -0.15) is 0 Å². The number of aliphatic hydroxyl groups is 1. The molecule has 3 N–H and O–H groups in total. The van der Waals surface area contributed by atoms with Gasteiger partial charge in [0.1, 0.15) is 0 Å². The Kier molecular flexibility index (Phi) is 6.54. The molecule has 0 rings (SSSR count). The SMILES string of the molecule is CC(C)N(CCCO)C(=O)CCN. The maximum Gasteiger partial charge on any atom is 0.224 e. The largest absolute Gasteiger partial charge is 0.396 e. The minimum atomic E-state index is 0.0750. The summed E-state index contributed by atoms with van der Waals surface area (Å²) >= 11 is 0. The monoisotopic (exact) mass is 188 g/mol. The average molecular weight is 188 g/mol. The van der Waals surface area contributed by atoms with E-state index in [1.807, 2.05) is 13.8 Å². The molecule has 1 amide bonds. The summed E-state index contributed by atoms with van der Waals surface area (Å²) < 4.78 is 0. The second-order valence-electron chi connectivity index (χ2n) is 3.30. The number of nitrogens with two attached hydrogens (primary N) is 1. The molecule has 0 unspecified atom stereocenters. The van der Waals surface area contributed by atoms with Gasteiger partial charge in [-0.15, -0.1) is 0 Å². The topological polar surface area (TPSA) is 66.6 Å². The molecule has 0 heterocycles. The third kappa shape index (κ3) is 4.85. The highest BCUT2D eigenvalue weighted by atomic mass is 16.3. The van der Waals surface area contributed by atoms with Crippen LogP contribution in [0.1, 0.15) is 26.7 Å². The highest BCUT2D eigenvalue weighted by molar-refractivity contribution is 5.76. The zero-order valence-corrected chi connectivity index (χ0v) is 8.49. The molecule has 0 aromatic carbocycles. The van der Waals surface area contributed by atoms with Gasteiger partial charge in [0.25, 0.3) is 0 Å². The summed E-state index contributed by atoms with van der Waals surface area (Å²) in [6, 6.07) is 0.186. The van der Waals surface area contributed by atoms with Crippen LogP contribution < -0.4 is 5.73 Å². The maximum atomic E-state index is 11.5. The Hall–Kier alpha value is -0.610. The van der Waals surface area contributed by atoms with Crippen molar-refractivity contribution in [1.29, 1.82) is 0 Å². The van der Waals surface area contributed by atoms with Gasteiger partial charge < -0.3 is 15.7 Å². The smallest absolute Gasteiger partial charge is 0.224 e. The van der Waals surface area contributed by atoms with Crippen molar-refractivity contribution in [1.82, 2.24) is 4.90 Å². The average Bonchev–Trinajstić information content (AvgIpc) is 2.05. The van der Waals surface area contributed by atoms with Gasteiger partial charge in [0.2, 0.25) is 5.91 Å². The van der Waals surface area contributed by atoms with Crippen molar-refractivity contribution in [2.75, 3.05) is 19.7 Å². The first-order valence-corrected chi connectivity index (χ1v) is 4.73. The summed E-state index contributed by atoms with van der Waals surface area (Å²) in [6.45, 7) is 5.06. The summed E-state index contributed by atoms with van der Waals surface area (Å²) in [6.07, 6.45) is 1.03. The Morgan fingerprint density at radius 1 is 1.54 bits per heavy atom. The normalized spacial score (nSPS) is 10.5. The van der Waals surface area contributed by atoms with Crippen molar-refractivity contribution in [2.24, 2.45) is 5.73 Å². The summed E-state index contributed by atoms with van der Waals surface area (Å²) in [5.41, 5.74) is 5.30. The molecule has 0 aromatic heterocycles. The van der Waals surface area contributed by atoms with Crippen molar-refractivity contribution in [2.45, 2.75) is 32.7 Å². The number of nitrogens with zero attached hydrogens (tertiary/aromatic N) is 1. The minimum Gasteiger partial charge on any atom is -0.396 e. The van der Waals surface area contributed by atoms with Gasteiger partial charge in [0.15, 0.2) is 0 Å². The molecule has 78 valence electrons. The molecule has 0 saturated heterocycles. The Labute approximate surface area is 79.7 Å². The lowest BCUT2D eigenvalue weighted by molar-refractivity contribution is -0.132. The molecule has 4 nitrogen and oxygen atoms in total. The van der Waals surface area contributed by atoms with Crippen LogP contribution in [0.25, 0.3) is 0 Å². The highest BCUT2D eigenvalue weighted by Gasteiger charge is 2.14. The van der Waals surface area contributed by atoms with Gasteiger partial charge >= 0.3 is 0 Å². The van der Waals surface area contributed by atoms with E-state index in [2.05, 4.69) is 0 Å². The first kappa shape index (κ1) is 12.4. The fourth-order valence-corrected chi connectivity index (χ4v) is 1.18. The highest BCUT2D eigenvalue weighted by Crippen LogP contribution is 2.02. The van der Waals surface area contributed by atoms with Crippen LogP contribution in [0.4, 0.5) is 0 Å². The van der Waals surface area contributed by atoms with Gasteiger partial charge in [0.05, 0.1) is 0 Å². The van der Waals surface area contributed by atoms with Gasteiger partial charge in [0, 0.05) is 32.2 Å². The summed E-state index contributed by atoms with van der Waals surface area (Å²) in [4.78, 5) is 13.2. The van der Waals surface area contributed by atoms with Crippen LogP contribution in [0, 0.1) is 0 Å². The van der Waals surface area contributed by atoms with E-state index in [0.29, 0.717) is 25.9 Å². The van der Waals surface area contributed by atoms with Crippen LogP contribution in [0.2, 0.25) is 0 Å². The molecule has 0 aromatic rings.